The van der Waals surface area contributed by atoms with E-state index in [0.717, 1.165) is 53.3 Å². The zero-order valence-corrected chi connectivity index (χ0v) is 28.2. The molecule has 11 heteroatoms. The molecule has 3 saturated carbocycles. The van der Waals surface area contributed by atoms with Crippen LogP contribution in [0, 0.1) is 18.8 Å². The SMILES string of the molecule is COc1ccc([C@H]2CC[C@H](CN(c3cc(-c4cnc(C5CC5)s4)ccn3)C(=O)[C@H]3CC[C@H](OC(=O)N4CC(O)C4)CC3)CC2)nc1C. The summed E-state index contributed by atoms with van der Waals surface area (Å²) in [5.41, 5.74) is 3.10. The van der Waals surface area contributed by atoms with Crippen molar-refractivity contribution in [2.24, 2.45) is 11.8 Å². The summed E-state index contributed by atoms with van der Waals surface area (Å²) in [6.07, 6.45) is 12.0. The van der Waals surface area contributed by atoms with Crippen LogP contribution in [0.4, 0.5) is 10.6 Å². The molecule has 3 aromatic heterocycles. The highest BCUT2D eigenvalue weighted by Crippen LogP contribution is 2.44. The Morgan fingerprint density at radius 1 is 0.979 bits per heavy atom. The summed E-state index contributed by atoms with van der Waals surface area (Å²) in [7, 11) is 1.68. The number of anilines is 1. The summed E-state index contributed by atoms with van der Waals surface area (Å²) in [5, 5.41) is 10.7. The number of ether oxygens (including phenoxy) is 2. The summed E-state index contributed by atoms with van der Waals surface area (Å²) in [6, 6.07) is 8.19. The molecule has 0 unspecified atom stereocenters. The van der Waals surface area contributed by atoms with E-state index >= 15 is 0 Å². The van der Waals surface area contributed by atoms with Gasteiger partial charge in [0.15, 0.2) is 0 Å². The van der Waals surface area contributed by atoms with E-state index in [1.54, 1.807) is 18.4 Å². The molecular weight excluding hydrogens is 614 g/mol. The molecule has 0 atom stereocenters. The molecule has 0 radical (unpaired) electrons. The van der Waals surface area contributed by atoms with Gasteiger partial charge >= 0.3 is 6.09 Å². The molecule has 47 heavy (non-hydrogen) atoms. The molecule has 1 aliphatic heterocycles. The van der Waals surface area contributed by atoms with Crippen molar-refractivity contribution in [1.82, 2.24) is 19.9 Å². The molecule has 2 amide bonds. The largest absolute Gasteiger partial charge is 0.495 e. The summed E-state index contributed by atoms with van der Waals surface area (Å²) in [5.74, 6) is 2.87. The molecule has 10 nitrogen and oxygen atoms in total. The number of aliphatic hydroxyl groups is 1. The summed E-state index contributed by atoms with van der Waals surface area (Å²) in [4.78, 5) is 45.6. The average molecular weight is 660 g/mol. The van der Waals surface area contributed by atoms with Gasteiger partial charge in [0.2, 0.25) is 5.91 Å². The number of aliphatic hydroxyl groups excluding tert-OH is 1. The average Bonchev–Trinajstić information content (AvgIpc) is 3.81. The second kappa shape index (κ2) is 13.9. The van der Waals surface area contributed by atoms with E-state index in [-0.39, 0.29) is 24.0 Å². The van der Waals surface area contributed by atoms with E-state index < -0.39 is 6.10 Å². The van der Waals surface area contributed by atoms with Crippen LogP contribution in [0.3, 0.4) is 0 Å². The van der Waals surface area contributed by atoms with Crippen molar-refractivity contribution < 1.29 is 24.2 Å². The maximum Gasteiger partial charge on any atom is 0.410 e. The van der Waals surface area contributed by atoms with Crippen molar-refractivity contribution in [2.45, 2.75) is 95.2 Å². The number of hydrogen-bond acceptors (Lipinski definition) is 9. The van der Waals surface area contributed by atoms with E-state index in [1.165, 1.54) is 22.7 Å². The Balaban J connectivity index is 1.04. The van der Waals surface area contributed by atoms with Crippen molar-refractivity contribution in [2.75, 3.05) is 31.6 Å². The van der Waals surface area contributed by atoms with E-state index in [0.29, 0.717) is 68.9 Å². The Hall–Kier alpha value is -3.57. The van der Waals surface area contributed by atoms with Crippen LogP contribution in [0.5, 0.6) is 5.75 Å². The first-order chi connectivity index (χ1) is 22.8. The summed E-state index contributed by atoms with van der Waals surface area (Å²) >= 11 is 1.75. The normalized spacial score (nSPS) is 24.8. The van der Waals surface area contributed by atoms with Crippen molar-refractivity contribution in [3.8, 4) is 16.2 Å². The summed E-state index contributed by atoms with van der Waals surface area (Å²) < 4.78 is 11.1. The number of rotatable bonds is 9. The number of methoxy groups -OCH3 is 1. The fourth-order valence-electron chi connectivity index (χ4n) is 7.34. The van der Waals surface area contributed by atoms with Crippen LogP contribution in [0.15, 0.2) is 36.7 Å². The first kappa shape index (κ1) is 32.0. The van der Waals surface area contributed by atoms with Crippen LogP contribution >= 0.6 is 11.3 Å². The van der Waals surface area contributed by atoms with Crippen molar-refractivity contribution in [1.29, 1.82) is 0 Å². The highest BCUT2D eigenvalue weighted by molar-refractivity contribution is 7.15. The zero-order valence-electron chi connectivity index (χ0n) is 27.3. The van der Waals surface area contributed by atoms with Gasteiger partial charge in [0.25, 0.3) is 0 Å². The number of aromatic nitrogens is 3. The van der Waals surface area contributed by atoms with E-state index in [9.17, 15) is 14.7 Å². The first-order valence-electron chi connectivity index (χ1n) is 17.2. The molecular formula is C36H45N5O5S. The van der Waals surface area contributed by atoms with Gasteiger partial charge < -0.3 is 19.5 Å². The number of aryl methyl sites for hydroxylation is 1. The minimum absolute atomic E-state index is 0.114. The number of amides is 2. The third kappa shape index (κ3) is 7.31. The molecule has 0 bridgehead atoms. The molecule has 0 aromatic carbocycles. The predicted octanol–water partition coefficient (Wildman–Crippen LogP) is 6.47. The quantitative estimate of drug-likeness (QED) is 0.278. The number of thiazole rings is 1. The van der Waals surface area contributed by atoms with Crippen LogP contribution < -0.4 is 9.64 Å². The molecule has 4 aliphatic rings. The maximum atomic E-state index is 14.3. The van der Waals surface area contributed by atoms with Gasteiger partial charge in [0.1, 0.15) is 17.7 Å². The third-order valence-electron chi connectivity index (χ3n) is 10.4. The summed E-state index contributed by atoms with van der Waals surface area (Å²) in [6.45, 7) is 3.29. The van der Waals surface area contributed by atoms with E-state index in [4.69, 9.17) is 19.4 Å². The monoisotopic (exact) mass is 659 g/mol. The molecule has 4 heterocycles. The number of likely N-dealkylation sites (tertiary alicyclic amines) is 1. The van der Waals surface area contributed by atoms with Gasteiger partial charge in [-0.25, -0.2) is 14.8 Å². The molecule has 3 aliphatic carbocycles. The first-order valence-corrected chi connectivity index (χ1v) is 18.0. The fraction of sp³-hybridized carbons (Fsp3) is 0.583. The van der Waals surface area contributed by atoms with Gasteiger partial charge in [-0.2, -0.15) is 0 Å². The highest BCUT2D eigenvalue weighted by atomic mass is 32.1. The smallest absolute Gasteiger partial charge is 0.410 e. The van der Waals surface area contributed by atoms with Crippen LogP contribution in [0.2, 0.25) is 0 Å². The molecule has 1 saturated heterocycles. The third-order valence-corrected chi connectivity index (χ3v) is 11.6. The number of hydrogen-bond donors (Lipinski definition) is 1. The number of pyridine rings is 2. The Morgan fingerprint density at radius 3 is 2.40 bits per heavy atom. The molecule has 1 N–H and O–H groups in total. The number of β-amino-alcohol motifs (C(OH)–C–C–N with tert-alkyl or cyclic N) is 1. The lowest BCUT2D eigenvalue weighted by atomic mass is 9.79. The number of carbonyl (C=O) groups excluding carboxylic acids is 2. The molecule has 3 aromatic rings. The Kier molecular flexibility index (Phi) is 9.45. The van der Waals surface area contributed by atoms with Gasteiger partial charge in [0.05, 0.1) is 41.9 Å². The van der Waals surface area contributed by atoms with Gasteiger partial charge in [0, 0.05) is 42.4 Å². The second-order valence-corrected chi connectivity index (χ2v) is 14.9. The van der Waals surface area contributed by atoms with E-state index in [1.807, 2.05) is 36.4 Å². The second-order valence-electron chi connectivity index (χ2n) is 13.8. The Labute approximate surface area is 280 Å². The van der Waals surface area contributed by atoms with Crippen LogP contribution in [-0.4, -0.2) is 75.9 Å². The molecule has 0 spiro atoms. The predicted molar refractivity (Wildman–Crippen MR) is 180 cm³/mol. The lowest BCUT2D eigenvalue weighted by molar-refractivity contribution is -0.124. The van der Waals surface area contributed by atoms with Crippen molar-refractivity contribution in [3.05, 3.63) is 53.1 Å². The van der Waals surface area contributed by atoms with Crippen LogP contribution in [0.1, 0.15) is 92.4 Å². The van der Waals surface area contributed by atoms with Gasteiger partial charge in [-0.1, -0.05) is 0 Å². The fourth-order valence-corrected chi connectivity index (χ4v) is 8.42. The standard InChI is InChI=1S/C36H45N5O5S/c1-22-31(45-2)14-13-30(39-22)24-5-3-23(4-6-24)19-41(33-17-27(15-16-37-33)32-18-38-34(47-32)25-7-8-25)35(43)26-9-11-29(12-10-26)46-36(44)40-20-28(42)21-40/h13-18,23-26,28-29,42H,3-12,19-21H2,1-2H3/t23-,24-,26-,29-. The maximum absolute atomic E-state index is 14.3. The minimum atomic E-state index is -0.455. The Bertz CT molecular complexity index is 1570. The van der Waals surface area contributed by atoms with Gasteiger partial charge in [-0.05, 0) is 107 Å². The van der Waals surface area contributed by atoms with Crippen molar-refractivity contribution >= 4 is 29.2 Å². The number of nitrogens with zero attached hydrogens (tertiary/aromatic N) is 5. The lowest BCUT2D eigenvalue weighted by Crippen LogP contribution is -2.54. The minimum Gasteiger partial charge on any atom is -0.495 e. The van der Waals surface area contributed by atoms with E-state index in [2.05, 4.69) is 17.1 Å². The molecule has 7 rings (SSSR count). The lowest BCUT2D eigenvalue weighted by Gasteiger charge is -2.37. The van der Waals surface area contributed by atoms with Crippen molar-refractivity contribution in [3.63, 3.8) is 0 Å². The van der Waals surface area contributed by atoms with Crippen LogP contribution in [0.25, 0.3) is 10.4 Å². The topological polar surface area (TPSA) is 118 Å². The zero-order chi connectivity index (χ0) is 32.5. The molecule has 4 fully saturated rings. The molecule has 250 valence electrons. The van der Waals surface area contributed by atoms with Gasteiger partial charge in [-0.15, -0.1) is 11.3 Å². The van der Waals surface area contributed by atoms with Crippen LogP contribution in [-0.2, 0) is 9.53 Å². The van der Waals surface area contributed by atoms with Gasteiger partial charge in [-0.3, -0.25) is 14.7 Å². The Morgan fingerprint density at radius 2 is 1.72 bits per heavy atom. The number of carbonyl (C=O) groups is 2. The highest BCUT2D eigenvalue weighted by Gasteiger charge is 2.36.